The number of allylic oxidation sites excluding steroid dienone is 1. The van der Waals surface area contributed by atoms with Crippen LogP contribution < -0.4 is 10.6 Å². The fourth-order valence-electron chi connectivity index (χ4n) is 3.49. The van der Waals surface area contributed by atoms with Crippen molar-refractivity contribution < 1.29 is 9.53 Å². The lowest BCUT2D eigenvalue weighted by atomic mass is 9.97. The zero-order valence-electron chi connectivity index (χ0n) is 15.6. The molecule has 0 aromatic heterocycles. The fourth-order valence-corrected chi connectivity index (χ4v) is 3.49. The van der Waals surface area contributed by atoms with E-state index in [0.29, 0.717) is 6.54 Å². The first-order valence-corrected chi connectivity index (χ1v) is 9.87. The Morgan fingerprint density at radius 2 is 1.81 bits per heavy atom. The lowest BCUT2D eigenvalue weighted by molar-refractivity contribution is 0.0342. The molecule has 0 spiro atoms. The van der Waals surface area contributed by atoms with Gasteiger partial charge in [-0.25, -0.2) is 4.79 Å². The van der Waals surface area contributed by atoms with E-state index in [9.17, 15) is 4.79 Å². The summed E-state index contributed by atoms with van der Waals surface area (Å²) in [5.41, 5.74) is 3.93. The van der Waals surface area contributed by atoms with E-state index >= 15 is 0 Å². The minimum atomic E-state index is -0.0844. The van der Waals surface area contributed by atoms with E-state index in [-0.39, 0.29) is 6.03 Å². The molecule has 26 heavy (non-hydrogen) atoms. The van der Waals surface area contributed by atoms with E-state index in [0.717, 1.165) is 51.4 Å². The average Bonchev–Trinajstić information content (AvgIpc) is 2.69. The number of nitrogens with one attached hydrogen (secondary N) is 2. The second kappa shape index (κ2) is 10.3. The number of ether oxygens (including phenoxy) is 1. The van der Waals surface area contributed by atoms with Crippen LogP contribution in [-0.4, -0.2) is 43.8 Å². The van der Waals surface area contributed by atoms with Gasteiger partial charge in [0.1, 0.15) is 0 Å². The van der Waals surface area contributed by atoms with Gasteiger partial charge < -0.3 is 15.4 Å². The topological polar surface area (TPSA) is 53.6 Å². The largest absolute Gasteiger partial charge is 0.379 e. The third-order valence-electron chi connectivity index (χ3n) is 5.10. The number of benzene rings is 1. The molecule has 2 N–H and O–H groups in total. The van der Waals surface area contributed by atoms with Crippen molar-refractivity contribution in [2.45, 2.75) is 45.2 Å². The summed E-state index contributed by atoms with van der Waals surface area (Å²) < 4.78 is 5.38. The number of hydrogen-bond acceptors (Lipinski definition) is 3. The molecule has 142 valence electrons. The molecule has 0 radical (unpaired) electrons. The number of morpholine rings is 1. The molecule has 5 heteroatoms. The molecule has 0 atom stereocenters. The highest BCUT2D eigenvalue weighted by Crippen LogP contribution is 2.19. The molecule has 1 aromatic rings. The summed E-state index contributed by atoms with van der Waals surface area (Å²) >= 11 is 0. The Hall–Kier alpha value is -1.85. The van der Waals surface area contributed by atoms with Crippen LogP contribution in [0.5, 0.6) is 0 Å². The van der Waals surface area contributed by atoms with Gasteiger partial charge in [-0.1, -0.05) is 35.9 Å². The summed E-state index contributed by atoms with van der Waals surface area (Å²) in [6, 6.07) is 8.42. The van der Waals surface area contributed by atoms with Crippen molar-refractivity contribution in [2.75, 3.05) is 32.8 Å². The minimum Gasteiger partial charge on any atom is -0.379 e. The maximum Gasteiger partial charge on any atom is 0.315 e. The molecule has 1 aliphatic heterocycles. The molecule has 1 aromatic carbocycles. The second-order valence-corrected chi connectivity index (χ2v) is 7.17. The first kappa shape index (κ1) is 18.9. The Morgan fingerprint density at radius 3 is 2.54 bits per heavy atom. The summed E-state index contributed by atoms with van der Waals surface area (Å²) in [4.78, 5) is 14.3. The van der Waals surface area contributed by atoms with Crippen LogP contribution in [0.15, 0.2) is 35.9 Å². The Balaban J connectivity index is 1.33. The SMILES string of the molecule is O=C(NCCC1=CCCCC1)NCc1ccc(CN2CCOCC2)cc1. The van der Waals surface area contributed by atoms with Crippen LogP contribution in [0.4, 0.5) is 4.79 Å². The van der Waals surface area contributed by atoms with Crippen LogP contribution in [-0.2, 0) is 17.8 Å². The van der Waals surface area contributed by atoms with Crippen molar-refractivity contribution in [3.05, 3.63) is 47.0 Å². The lowest BCUT2D eigenvalue weighted by Crippen LogP contribution is -2.36. The third kappa shape index (κ3) is 6.46. The summed E-state index contributed by atoms with van der Waals surface area (Å²) in [6.07, 6.45) is 8.30. The minimum absolute atomic E-state index is 0.0844. The molecule has 0 saturated carbocycles. The van der Waals surface area contributed by atoms with Crippen LogP contribution in [0.2, 0.25) is 0 Å². The molecule has 3 rings (SSSR count). The maximum atomic E-state index is 11.9. The summed E-state index contributed by atoms with van der Waals surface area (Å²) in [5.74, 6) is 0. The average molecular weight is 357 g/mol. The zero-order valence-corrected chi connectivity index (χ0v) is 15.6. The Kier molecular flexibility index (Phi) is 7.52. The van der Waals surface area contributed by atoms with Crippen molar-refractivity contribution in [3.8, 4) is 0 Å². The molecule has 2 amide bonds. The van der Waals surface area contributed by atoms with E-state index < -0.39 is 0 Å². The zero-order chi connectivity index (χ0) is 18.0. The first-order chi connectivity index (χ1) is 12.8. The van der Waals surface area contributed by atoms with Gasteiger partial charge in [0, 0.05) is 32.7 Å². The van der Waals surface area contributed by atoms with Gasteiger partial charge in [-0.15, -0.1) is 0 Å². The second-order valence-electron chi connectivity index (χ2n) is 7.17. The van der Waals surface area contributed by atoms with E-state index in [2.05, 4.69) is 45.9 Å². The highest BCUT2D eigenvalue weighted by atomic mass is 16.5. The van der Waals surface area contributed by atoms with E-state index in [1.165, 1.54) is 36.8 Å². The quantitative estimate of drug-likeness (QED) is 0.737. The Morgan fingerprint density at radius 1 is 1.04 bits per heavy atom. The summed E-state index contributed by atoms with van der Waals surface area (Å²) in [6.45, 7) is 5.90. The number of carbonyl (C=O) groups is 1. The number of amides is 2. The standard InChI is InChI=1S/C21H31N3O2/c25-21(22-11-10-18-4-2-1-3-5-18)23-16-19-6-8-20(9-7-19)17-24-12-14-26-15-13-24/h4,6-9H,1-3,5,10-17H2,(H2,22,23,25). The smallest absolute Gasteiger partial charge is 0.315 e. The molecule has 5 nitrogen and oxygen atoms in total. The van der Waals surface area contributed by atoms with Gasteiger partial charge in [0.15, 0.2) is 0 Å². The van der Waals surface area contributed by atoms with Crippen LogP contribution >= 0.6 is 0 Å². The summed E-state index contributed by atoms with van der Waals surface area (Å²) in [7, 11) is 0. The highest BCUT2D eigenvalue weighted by Gasteiger charge is 2.10. The van der Waals surface area contributed by atoms with Crippen molar-refractivity contribution in [3.63, 3.8) is 0 Å². The number of hydrogen-bond donors (Lipinski definition) is 2. The van der Waals surface area contributed by atoms with Gasteiger partial charge in [0.2, 0.25) is 0 Å². The van der Waals surface area contributed by atoms with Crippen LogP contribution in [0.25, 0.3) is 0 Å². The Bertz CT molecular complexity index is 592. The molecule has 2 aliphatic rings. The Labute approximate surface area is 156 Å². The molecule has 1 saturated heterocycles. The summed E-state index contributed by atoms with van der Waals surface area (Å²) in [5, 5.41) is 5.90. The van der Waals surface area contributed by atoms with Crippen molar-refractivity contribution in [2.24, 2.45) is 0 Å². The molecule has 1 fully saturated rings. The molecule has 0 unspecified atom stereocenters. The number of nitrogens with zero attached hydrogens (tertiary/aromatic N) is 1. The molecular formula is C21H31N3O2. The van der Waals surface area contributed by atoms with E-state index in [4.69, 9.17) is 4.74 Å². The first-order valence-electron chi connectivity index (χ1n) is 9.87. The molecule has 0 bridgehead atoms. The van der Waals surface area contributed by atoms with Crippen LogP contribution in [0.3, 0.4) is 0 Å². The van der Waals surface area contributed by atoms with E-state index in [1.807, 2.05) is 0 Å². The van der Waals surface area contributed by atoms with Gasteiger partial charge >= 0.3 is 6.03 Å². The number of urea groups is 1. The lowest BCUT2D eigenvalue weighted by Gasteiger charge is -2.26. The molecule has 1 heterocycles. The maximum absolute atomic E-state index is 11.9. The number of rotatable bonds is 7. The monoisotopic (exact) mass is 357 g/mol. The van der Waals surface area contributed by atoms with Crippen molar-refractivity contribution >= 4 is 6.03 Å². The van der Waals surface area contributed by atoms with Crippen LogP contribution in [0.1, 0.15) is 43.2 Å². The van der Waals surface area contributed by atoms with Gasteiger partial charge in [-0.2, -0.15) is 0 Å². The van der Waals surface area contributed by atoms with Crippen LogP contribution in [0, 0.1) is 0 Å². The van der Waals surface area contributed by atoms with Gasteiger partial charge in [-0.3, -0.25) is 4.90 Å². The fraction of sp³-hybridized carbons (Fsp3) is 0.571. The predicted octanol–water partition coefficient (Wildman–Crippen LogP) is 3.21. The van der Waals surface area contributed by atoms with Crippen molar-refractivity contribution in [1.82, 2.24) is 15.5 Å². The van der Waals surface area contributed by atoms with Crippen molar-refractivity contribution in [1.29, 1.82) is 0 Å². The van der Waals surface area contributed by atoms with Gasteiger partial charge in [0.05, 0.1) is 13.2 Å². The third-order valence-corrected chi connectivity index (χ3v) is 5.10. The normalized spacial score (nSPS) is 18.2. The number of carbonyl (C=O) groups excluding carboxylic acids is 1. The molecule has 1 aliphatic carbocycles. The molecular weight excluding hydrogens is 326 g/mol. The van der Waals surface area contributed by atoms with Gasteiger partial charge in [-0.05, 0) is 43.2 Å². The van der Waals surface area contributed by atoms with E-state index in [1.54, 1.807) is 0 Å². The predicted molar refractivity (Wildman–Crippen MR) is 104 cm³/mol. The van der Waals surface area contributed by atoms with Gasteiger partial charge in [0.25, 0.3) is 0 Å². The highest BCUT2D eigenvalue weighted by molar-refractivity contribution is 5.73.